The fraction of sp³-hybridized carbons (Fsp3) is 0.929. The number of piperidine rings is 1. The van der Waals surface area contributed by atoms with Crippen LogP contribution in [0.1, 0.15) is 32.1 Å². The summed E-state index contributed by atoms with van der Waals surface area (Å²) in [6, 6.07) is 1.15. The van der Waals surface area contributed by atoms with Gasteiger partial charge in [0.1, 0.15) is 0 Å². The number of nitrogens with zero attached hydrogens (tertiary/aromatic N) is 1. The molecule has 2 rings (SSSR count). The molecular formula is C14H27N3OS. The minimum atomic E-state index is -0.338. The van der Waals surface area contributed by atoms with Crippen LogP contribution in [0.4, 0.5) is 0 Å². The van der Waals surface area contributed by atoms with Gasteiger partial charge in [-0.3, -0.25) is 4.79 Å². The Kier molecular flexibility index (Phi) is 5.54. The third kappa shape index (κ3) is 3.86. The number of nitrogens with one attached hydrogen (secondary N) is 1. The first-order valence-corrected chi connectivity index (χ1v) is 8.75. The molecule has 0 saturated carbocycles. The molecule has 2 fully saturated rings. The maximum atomic E-state index is 11.9. The van der Waals surface area contributed by atoms with E-state index in [1.54, 1.807) is 11.8 Å². The lowest BCUT2D eigenvalue weighted by Crippen LogP contribution is -2.46. The van der Waals surface area contributed by atoms with E-state index in [2.05, 4.69) is 17.3 Å². The van der Waals surface area contributed by atoms with E-state index < -0.39 is 0 Å². The number of nitrogens with two attached hydrogens (primary N) is 1. The highest BCUT2D eigenvalue weighted by atomic mass is 32.2. The molecular weight excluding hydrogens is 258 g/mol. The Hall–Kier alpha value is -0.260. The Balaban J connectivity index is 1.70. The summed E-state index contributed by atoms with van der Waals surface area (Å²) in [5, 5.41) is 3.05. The number of amides is 1. The van der Waals surface area contributed by atoms with Gasteiger partial charge in [-0.15, -0.1) is 0 Å². The quantitative estimate of drug-likeness (QED) is 0.766. The van der Waals surface area contributed by atoms with Crippen LogP contribution in [0.25, 0.3) is 0 Å². The van der Waals surface area contributed by atoms with Crippen molar-refractivity contribution in [3.63, 3.8) is 0 Å². The van der Waals surface area contributed by atoms with Crippen molar-refractivity contribution >= 4 is 17.7 Å². The second-order valence-corrected chi connectivity index (χ2v) is 7.01. The molecule has 19 heavy (non-hydrogen) atoms. The van der Waals surface area contributed by atoms with E-state index in [0.717, 1.165) is 30.8 Å². The smallest absolute Gasteiger partial charge is 0.236 e. The Bertz CT molecular complexity index is 299. The van der Waals surface area contributed by atoms with Gasteiger partial charge in [0.2, 0.25) is 5.91 Å². The van der Waals surface area contributed by atoms with Crippen LogP contribution < -0.4 is 11.1 Å². The van der Waals surface area contributed by atoms with Gasteiger partial charge in [-0.2, -0.15) is 11.8 Å². The van der Waals surface area contributed by atoms with Crippen LogP contribution in [-0.2, 0) is 4.79 Å². The lowest BCUT2D eigenvalue weighted by Gasteiger charge is -2.36. The Morgan fingerprint density at radius 1 is 1.42 bits per heavy atom. The first-order valence-electron chi connectivity index (χ1n) is 7.36. The van der Waals surface area contributed by atoms with Crippen molar-refractivity contribution in [3.05, 3.63) is 0 Å². The number of fused-ring (bicyclic) bond motifs is 2. The first-order chi connectivity index (χ1) is 9.11. The van der Waals surface area contributed by atoms with Crippen LogP contribution in [0.15, 0.2) is 0 Å². The molecule has 1 amide bonds. The maximum absolute atomic E-state index is 11.9. The normalized spacial score (nSPS) is 32.3. The maximum Gasteiger partial charge on any atom is 0.236 e. The van der Waals surface area contributed by atoms with Crippen molar-refractivity contribution in [3.8, 4) is 0 Å². The van der Waals surface area contributed by atoms with Crippen molar-refractivity contribution in [2.24, 2.45) is 11.7 Å². The second kappa shape index (κ2) is 6.95. The van der Waals surface area contributed by atoms with E-state index in [9.17, 15) is 4.79 Å². The molecule has 2 aliphatic rings. The molecule has 2 saturated heterocycles. The zero-order valence-corrected chi connectivity index (χ0v) is 12.9. The van der Waals surface area contributed by atoms with Gasteiger partial charge in [-0.05, 0) is 57.1 Å². The van der Waals surface area contributed by atoms with Crippen LogP contribution in [0.2, 0.25) is 0 Å². The van der Waals surface area contributed by atoms with E-state index in [1.807, 2.05) is 6.26 Å². The largest absolute Gasteiger partial charge is 0.354 e. The summed E-state index contributed by atoms with van der Waals surface area (Å²) < 4.78 is 0. The molecule has 0 radical (unpaired) electrons. The number of carbonyl (C=O) groups excluding carboxylic acids is 1. The predicted molar refractivity (Wildman–Crippen MR) is 81.3 cm³/mol. The molecule has 0 aromatic carbocycles. The summed E-state index contributed by atoms with van der Waals surface area (Å²) in [4.78, 5) is 14.4. The molecule has 0 aromatic heterocycles. The molecule has 2 unspecified atom stereocenters. The third-order valence-corrected chi connectivity index (χ3v) is 5.37. The van der Waals surface area contributed by atoms with Gasteiger partial charge in [0.25, 0.3) is 0 Å². The van der Waals surface area contributed by atoms with Crippen LogP contribution >= 0.6 is 11.8 Å². The SMILES string of the molecule is CSCC[C@H](N)C(=O)NCC1CC2CCC(C1)N2C. The summed E-state index contributed by atoms with van der Waals surface area (Å²) in [6.45, 7) is 0.812. The minimum absolute atomic E-state index is 0.0281. The molecule has 2 aliphatic heterocycles. The lowest BCUT2D eigenvalue weighted by molar-refractivity contribution is -0.122. The monoisotopic (exact) mass is 285 g/mol. The third-order valence-electron chi connectivity index (χ3n) is 4.73. The van der Waals surface area contributed by atoms with Crippen LogP contribution in [0.3, 0.4) is 0 Å². The van der Waals surface area contributed by atoms with E-state index in [-0.39, 0.29) is 11.9 Å². The van der Waals surface area contributed by atoms with Crippen molar-refractivity contribution < 1.29 is 4.79 Å². The first kappa shape index (κ1) is 15.1. The number of carbonyl (C=O) groups is 1. The molecule has 4 nitrogen and oxygen atoms in total. The zero-order chi connectivity index (χ0) is 13.8. The van der Waals surface area contributed by atoms with Crippen LogP contribution in [-0.4, -0.2) is 54.5 Å². The number of hydrogen-bond acceptors (Lipinski definition) is 4. The summed E-state index contributed by atoms with van der Waals surface area (Å²) in [7, 11) is 2.25. The van der Waals surface area contributed by atoms with Gasteiger partial charge in [0, 0.05) is 18.6 Å². The number of rotatable bonds is 6. The predicted octanol–water partition coefficient (Wildman–Crippen LogP) is 1.06. The number of thioether (sulfide) groups is 1. The zero-order valence-electron chi connectivity index (χ0n) is 12.1. The molecule has 110 valence electrons. The van der Waals surface area contributed by atoms with Gasteiger partial charge in [0.05, 0.1) is 6.04 Å². The van der Waals surface area contributed by atoms with Crippen LogP contribution in [0.5, 0.6) is 0 Å². The Labute approximate surface area is 120 Å². The molecule has 2 heterocycles. The molecule has 3 atom stereocenters. The van der Waals surface area contributed by atoms with Gasteiger partial charge in [0.15, 0.2) is 0 Å². The highest BCUT2D eigenvalue weighted by Crippen LogP contribution is 2.36. The average molecular weight is 285 g/mol. The highest BCUT2D eigenvalue weighted by molar-refractivity contribution is 7.98. The molecule has 5 heteroatoms. The van der Waals surface area contributed by atoms with Crippen molar-refractivity contribution in [1.82, 2.24) is 10.2 Å². The van der Waals surface area contributed by atoms with E-state index in [4.69, 9.17) is 5.73 Å². The minimum Gasteiger partial charge on any atom is -0.354 e. The lowest BCUT2D eigenvalue weighted by atomic mass is 9.91. The van der Waals surface area contributed by atoms with Gasteiger partial charge >= 0.3 is 0 Å². The fourth-order valence-electron chi connectivity index (χ4n) is 3.44. The van der Waals surface area contributed by atoms with E-state index in [0.29, 0.717) is 5.92 Å². The topological polar surface area (TPSA) is 58.4 Å². The fourth-order valence-corrected chi connectivity index (χ4v) is 3.93. The molecule has 0 aliphatic carbocycles. The molecule has 2 bridgehead atoms. The second-order valence-electron chi connectivity index (χ2n) is 6.02. The van der Waals surface area contributed by atoms with Crippen molar-refractivity contribution in [2.75, 3.05) is 25.6 Å². The number of hydrogen-bond donors (Lipinski definition) is 2. The van der Waals surface area contributed by atoms with Crippen molar-refractivity contribution in [1.29, 1.82) is 0 Å². The highest BCUT2D eigenvalue weighted by Gasteiger charge is 2.38. The Morgan fingerprint density at radius 2 is 2.05 bits per heavy atom. The summed E-state index contributed by atoms with van der Waals surface area (Å²) in [5.41, 5.74) is 5.87. The Morgan fingerprint density at radius 3 is 2.63 bits per heavy atom. The van der Waals surface area contributed by atoms with Gasteiger partial charge in [-0.25, -0.2) is 0 Å². The van der Waals surface area contributed by atoms with Gasteiger partial charge < -0.3 is 16.0 Å². The van der Waals surface area contributed by atoms with Gasteiger partial charge in [-0.1, -0.05) is 0 Å². The summed E-state index contributed by atoms with van der Waals surface area (Å²) in [5.74, 6) is 1.62. The van der Waals surface area contributed by atoms with E-state index >= 15 is 0 Å². The van der Waals surface area contributed by atoms with Crippen molar-refractivity contribution in [2.45, 2.75) is 50.2 Å². The average Bonchev–Trinajstić information content (AvgIpc) is 2.65. The summed E-state index contributed by atoms with van der Waals surface area (Å²) >= 11 is 1.74. The summed E-state index contributed by atoms with van der Waals surface area (Å²) in [6.07, 6.45) is 7.93. The van der Waals surface area contributed by atoms with Crippen LogP contribution in [0, 0.1) is 5.92 Å². The molecule has 3 N–H and O–H groups in total. The molecule has 0 aromatic rings. The van der Waals surface area contributed by atoms with E-state index in [1.165, 1.54) is 25.7 Å². The standard InChI is InChI=1S/C14H27N3OS/c1-17-11-3-4-12(17)8-10(7-11)9-16-14(18)13(15)5-6-19-2/h10-13H,3-9,15H2,1-2H3,(H,16,18)/t10?,11?,12?,13-/m0/s1. The molecule has 0 spiro atoms.